The van der Waals surface area contributed by atoms with Crippen LogP contribution in [0, 0.1) is 5.92 Å². The van der Waals surface area contributed by atoms with E-state index in [1.807, 2.05) is 69.3 Å². The van der Waals surface area contributed by atoms with E-state index in [1.54, 1.807) is 11.9 Å². The van der Waals surface area contributed by atoms with Crippen LogP contribution in [0.2, 0.25) is 0 Å². The van der Waals surface area contributed by atoms with E-state index < -0.39 is 5.60 Å². The number of methoxy groups -OCH3 is 1. The second-order valence-corrected chi connectivity index (χ2v) is 10.2. The number of tetrazole rings is 1. The number of carbonyl (C=O) groups excluding carboxylic acids is 1. The highest BCUT2D eigenvalue weighted by atomic mass is 79.9. The molecule has 1 unspecified atom stereocenters. The van der Waals surface area contributed by atoms with Gasteiger partial charge in [0.1, 0.15) is 11.4 Å². The second-order valence-electron chi connectivity index (χ2n) is 9.35. The summed E-state index contributed by atoms with van der Waals surface area (Å²) in [5.41, 5.74) is 1.53. The van der Waals surface area contributed by atoms with Crippen molar-refractivity contribution in [2.45, 2.75) is 65.0 Å². The van der Waals surface area contributed by atoms with E-state index in [0.29, 0.717) is 18.8 Å². The average Bonchev–Trinajstić information content (AvgIpc) is 3.24. The number of aromatic nitrogens is 4. The lowest BCUT2D eigenvalue weighted by molar-refractivity contribution is -0.160. The number of halogens is 1. The minimum Gasteiger partial charge on any atom is -0.497 e. The number of nitrogens with zero attached hydrogens (tertiary/aromatic N) is 4. The molecule has 7 nitrogen and oxygen atoms in total. The molecule has 182 valence electrons. The second kappa shape index (κ2) is 11.6. The van der Waals surface area contributed by atoms with Gasteiger partial charge in [0, 0.05) is 10.4 Å². The zero-order valence-electron chi connectivity index (χ0n) is 20.5. The van der Waals surface area contributed by atoms with Gasteiger partial charge in [-0.05, 0) is 68.2 Å². The molecular formula is C26H33BrN4O3. The lowest BCUT2D eigenvalue weighted by Crippen LogP contribution is -2.30. The normalized spacial score (nSPS) is 13.4. The van der Waals surface area contributed by atoms with Crippen LogP contribution < -0.4 is 4.74 Å². The molecule has 0 saturated carbocycles. The smallest absolute Gasteiger partial charge is 0.309 e. The topological polar surface area (TPSA) is 79.1 Å². The number of rotatable bonds is 10. The highest BCUT2D eigenvalue weighted by Crippen LogP contribution is 2.35. The molecule has 2 aromatic carbocycles. The average molecular weight is 529 g/mol. The fourth-order valence-corrected chi connectivity index (χ4v) is 4.40. The van der Waals surface area contributed by atoms with Crippen LogP contribution in [0.15, 0.2) is 53.0 Å². The highest BCUT2D eigenvalue weighted by molar-refractivity contribution is 9.10. The van der Waals surface area contributed by atoms with E-state index in [1.165, 1.54) is 0 Å². The molecule has 0 fully saturated rings. The van der Waals surface area contributed by atoms with Crippen LogP contribution in [0.5, 0.6) is 5.75 Å². The monoisotopic (exact) mass is 528 g/mol. The molecule has 0 radical (unpaired) electrons. The van der Waals surface area contributed by atoms with Crippen LogP contribution in [0.4, 0.5) is 0 Å². The van der Waals surface area contributed by atoms with Crippen molar-refractivity contribution in [3.05, 3.63) is 70.0 Å². The third kappa shape index (κ3) is 7.13. The Labute approximate surface area is 210 Å². The van der Waals surface area contributed by atoms with Crippen LogP contribution in [0.25, 0.3) is 0 Å². The van der Waals surface area contributed by atoms with Crippen molar-refractivity contribution in [3.63, 3.8) is 0 Å². The summed E-state index contributed by atoms with van der Waals surface area (Å²) in [6.07, 6.45) is 2.15. The van der Waals surface area contributed by atoms with Crippen molar-refractivity contribution in [1.82, 2.24) is 20.2 Å². The van der Waals surface area contributed by atoms with E-state index in [9.17, 15) is 4.79 Å². The minimum absolute atomic E-state index is 0.183. The van der Waals surface area contributed by atoms with E-state index in [-0.39, 0.29) is 17.8 Å². The Balaban J connectivity index is 1.89. The van der Waals surface area contributed by atoms with Gasteiger partial charge in [-0.2, -0.15) is 4.80 Å². The summed E-state index contributed by atoms with van der Waals surface area (Å²) in [6.45, 7) is 8.25. The Hall–Kier alpha value is -2.74. The predicted molar refractivity (Wildman–Crippen MR) is 135 cm³/mol. The fourth-order valence-electron chi connectivity index (χ4n) is 3.84. The molecule has 2 atom stereocenters. The van der Waals surface area contributed by atoms with Gasteiger partial charge < -0.3 is 9.47 Å². The Morgan fingerprint density at radius 1 is 1.12 bits per heavy atom. The van der Waals surface area contributed by atoms with Crippen LogP contribution in [-0.2, 0) is 16.1 Å². The van der Waals surface area contributed by atoms with Crippen molar-refractivity contribution in [2.24, 2.45) is 5.92 Å². The molecule has 0 bridgehead atoms. The maximum absolute atomic E-state index is 13.0. The van der Waals surface area contributed by atoms with Crippen molar-refractivity contribution >= 4 is 21.9 Å². The molecule has 1 aromatic heterocycles. The summed E-state index contributed by atoms with van der Waals surface area (Å²) in [5.74, 6) is 0.732. The van der Waals surface area contributed by atoms with Gasteiger partial charge in [-0.1, -0.05) is 59.6 Å². The van der Waals surface area contributed by atoms with Gasteiger partial charge in [0.05, 0.1) is 19.6 Å². The summed E-state index contributed by atoms with van der Waals surface area (Å²) in [4.78, 5) is 14.6. The number of carbonyl (C=O) groups is 1. The van der Waals surface area contributed by atoms with Gasteiger partial charge in [-0.15, -0.1) is 10.2 Å². The molecule has 0 aliphatic rings. The van der Waals surface area contributed by atoms with Crippen LogP contribution in [0.3, 0.4) is 0 Å². The van der Waals surface area contributed by atoms with Gasteiger partial charge >= 0.3 is 5.97 Å². The summed E-state index contributed by atoms with van der Waals surface area (Å²) in [7, 11) is 1.64. The number of hydrogen-bond acceptors (Lipinski definition) is 6. The maximum atomic E-state index is 13.0. The van der Waals surface area contributed by atoms with E-state index in [2.05, 4.69) is 33.2 Å². The Bertz CT molecular complexity index is 1080. The third-order valence-electron chi connectivity index (χ3n) is 5.44. The molecule has 0 aliphatic heterocycles. The van der Waals surface area contributed by atoms with Crippen molar-refractivity contribution in [2.75, 3.05) is 7.11 Å². The van der Waals surface area contributed by atoms with Crippen LogP contribution >= 0.6 is 15.9 Å². The summed E-state index contributed by atoms with van der Waals surface area (Å²) in [6, 6.07) is 15.8. The zero-order chi connectivity index (χ0) is 24.7. The highest BCUT2D eigenvalue weighted by Gasteiger charge is 2.31. The quantitative estimate of drug-likeness (QED) is 0.310. The molecule has 0 aliphatic carbocycles. The molecule has 1 heterocycles. The van der Waals surface area contributed by atoms with Gasteiger partial charge in [-0.25, -0.2) is 0 Å². The Morgan fingerprint density at radius 2 is 1.82 bits per heavy atom. The summed E-state index contributed by atoms with van der Waals surface area (Å²) >= 11 is 3.67. The SMILES string of the molecule is CCCC(C[C@@H](c1nnn(Cc2ccc(OC)cc2)n1)c1ccccc1Br)C(=O)OC(C)(C)C. The Kier molecular flexibility index (Phi) is 8.83. The minimum atomic E-state index is -0.536. The molecule has 0 saturated heterocycles. The molecule has 0 spiro atoms. The molecular weight excluding hydrogens is 496 g/mol. The lowest BCUT2D eigenvalue weighted by atomic mass is 9.86. The van der Waals surface area contributed by atoms with Gasteiger partial charge in [0.2, 0.25) is 0 Å². The molecule has 3 aromatic rings. The number of esters is 1. The first-order chi connectivity index (χ1) is 16.2. The van der Waals surface area contributed by atoms with Crippen molar-refractivity contribution in [3.8, 4) is 5.75 Å². The Morgan fingerprint density at radius 3 is 2.44 bits per heavy atom. The zero-order valence-corrected chi connectivity index (χ0v) is 22.1. The maximum Gasteiger partial charge on any atom is 0.309 e. The van der Waals surface area contributed by atoms with Crippen molar-refractivity contribution in [1.29, 1.82) is 0 Å². The fraction of sp³-hybridized carbons (Fsp3) is 0.462. The van der Waals surface area contributed by atoms with Crippen LogP contribution in [0.1, 0.15) is 69.8 Å². The lowest BCUT2D eigenvalue weighted by Gasteiger charge is -2.26. The molecule has 3 rings (SSSR count). The number of hydrogen-bond donors (Lipinski definition) is 0. The summed E-state index contributed by atoms with van der Waals surface area (Å²) in [5, 5.41) is 13.4. The first-order valence-electron chi connectivity index (χ1n) is 11.6. The van der Waals surface area contributed by atoms with Gasteiger partial charge in [0.15, 0.2) is 5.82 Å². The molecule has 8 heteroatoms. The van der Waals surface area contributed by atoms with Crippen molar-refractivity contribution < 1.29 is 14.3 Å². The summed E-state index contributed by atoms with van der Waals surface area (Å²) < 4.78 is 11.9. The predicted octanol–water partition coefficient (Wildman–Crippen LogP) is 5.77. The first-order valence-corrected chi connectivity index (χ1v) is 12.4. The van der Waals surface area contributed by atoms with Gasteiger partial charge in [0.25, 0.3) is 0 Å². The first kappa shape index (κ1) is 25.9. The standard InChI is InChI=1S/C26H33BrN4O3/c1-6-9-19(25(32)34-26(2,3)4)16-22(21-10-7-8-11-23(21)27)24-28-30-31(29-24)17-18-12-14-20(33-5)15-13-18/h7-8,10-15,19,22H,6,9,16-17H2,1-5H3/t19?,22-/m1/s1. The number of benzene rings is 2. The molecule has 34 heavy (non-hydrogen) atoms. The largest absolute Gasteiger partial charge is 0.497 e. The number of ether oxygens (including phenoxy) is 2. The molecule has 0 amide bonds. The molecule has 0 N–H and O–H groups in total. The van der Waals surface area contributed by atoms with E-state index >= 15 is 0 Å². The van der Waals surface area contributed by atoms with Crippen LogP contribution in [-0.4, -0.2) is 38.9 Å². The third-order valence-corrected chi connectivity index (χ3v) is 6.16. The van der Waals surface area contributed by atoms with Gasteiger partial charge in [-0.3, -0.25) is 4.79 Å². The van der Waals surface area contributed by atoms with E-state index in [0.717, 1.165) is 34.2 Å². The van der Waals surface area contributed by atoms with E-state index in [4.69, 9.17) is 14.6 Å².